The van der Waals surface area contributed by atoms with E-state index in [0.29, 0.717) is 55.8 Å². The van der Waals surface area contributed by atoms with E-state index in [9.17, 15) is 4.79 Å². The minimum absolute atomic E-state index is 0.244. The molecule has 162 valence electrons. The quantitative estimate of drug-likeness (QED) is 0.425. The second-order valence-corrected chi connectivity index (χ2v) is 6.53. The molecule has 6 nitrogen and oxygen atoms in total. The Kier molecular flexibility index (Phi) is 8.76. The zero-order valence-electron chi connectivity index (χ0n) is 17.6. The van der Waals surface area contributed by atoms with Gasteiger partial charge in [-0.25, -0.2) is 0 Å². The highest BCUT2D eigenvalue weighted by atomic mass is 16.5. The van der Waals surface area contributed by atoms with E-state index in [1.807, 2.05) is 61.5 Å². The Hall–Kier alpha value is -3.51. The van der Waals surface area contributed by atoms with Crippen molar-refractivity contribution in [2.24, 2.45) is 0 Å². The van der Waals surface area contributed by atoms with E-state index < -0.39 is 0 Å². The Morgan fingerprint density at radius 2 is 1.42 bits per heavy atom. The third kappa shape index (κ3) is 7.35. The topological polar surface area (TPSA) is 66.0 Å². The second kappa shape index (κ2) is 12.2. The van der Waals surface area contributed by atoms with E-state index in [-0.39, 0.29) is 5.91 Å². The van der Waals surface area contributed by atoms with Crippen LogP contribution in [0.2, 0.25) is 0 Å². The molecule has 0 aliphatic rings. The van der Waals surface area contributed by atoms with Crippen LogP contribution in [0.15, 0.2) is 78.9 Å². The molecule has 0 spiro atoms. The number of hydrogen-bond acceptors (Lipinski definition) is 5. The second-order valence-electron chi connectivity index (χ2n) is 6.53. The zero-order chi connectivity index (χ0) is 21.7. The van der Waals surface area contributed by atoms with Crippen molar-refractivity contribution in [3.05, 3.63) is 84.4 Å². The van der Waals surface area contributed by atoms with E-state index in [2.05, 4.69) is 5.32 Å². The van der Waals surface area contributed by atoms with Crippen molar-refractivity contribution in [1.82, 2.24) is 0 Å². The predicted octanol–water partition coefficient (Wildman–Crippen LogP) is 4.81. The van der Waals surface area contributed by atoms with Crippen LogP contribution >= 0.6 is 0 Å². The molecular formula is C25H27NO5. The molecule has 0 heterocycles. The lowest BCUT2D eigenvalue weighted by Crippen LogP contribution is -2.15. The third-order valence-corrected chi connectivity index (χ3v) is 4.28. The van der Waals surface area contributed by atoms with Crippen molar-refractivity contribution in [3.63, 3.8) is 0 Å². The fraction of sp³-hybridized carbons (Fsp3) is 0.240. The van der Waals surface area contributed by atoms with Crippen molar-refractivity contribution >= 4 is 11.6 Å². The van der Waals surface area contributed by atoms with Gasteiger partial charge < -0.3 is 24.3 Å². The maximum absolute atomic E-state index is 12.7. The van der Waals surface area contributed by atoms with Gasteiger partial charge in [-0.1, -0.05) is 36.4 Å². The molecule has 0 saturated carbocycles. The lowest BCUT2D eigenvalue weighted by atomic mass is 10.2. The summed E-state index contributed by atoms with van der Waals surface area (Å²) in [6.07, 6.45) is 0. The third-order valence-electron chi connectivity index (χ3n) is 4.28. The standard InChI is InChI=1S/C25H27NO5/c1-2-28-15-16-30-22-12-8-9-20(19-22)25(27)26-23-13-6-7-14-24(23)31-18-17-29-21-10-4-3-5-11-21/h3-14,19H,2,15-18H2,1H3,(H,26,27). The van der Waals surface area contributed by atoms with Crippen LogP contribution in [0.1, 0.15) is 17.3 Å². The van der Waals surface area contributed by atoms with Gasteiger partial charge in [-0.2, -0.15) is 0 Å². The minimum Gasteiger partial charge on any atom is -0.491 e. The van der Waals surface area contributed by atoms with Gasteiger partial charge in [0.05, 0.1) is 12.3 Å². The van der Waals surface area contributed by atoms with Crippen LogP contribution < -0.4 is 19.5 Å². The van der Waals surface area contributed by atoms with Crippen LogP contribution in [0.4, 0.5) is 5.69 Å². The molecule has 1 amide bonds. The van der Waals surface area contributed by atoms with Gasteiger partial charge in [0.15, 0.2) is 0 Å². The van der Waals surface area contributed by atoms with Gasteiger partial charge in [-0.15, -0.1) is 0 Å². The molecule has 0 bridgehead atoms. The monoisotopic (exact) mass is 421 g/mol. The number of nitrogens with one attached hydrogen (secondary N) is 1. The molecule has 3 rings (SSSR count). The molecule has 0 fully saturated rings. The van der Waals surface area contributed by atoms with Gasteiger partial charge in [-0.3, -0.25) is 4.79 Å². The molecular weight excluding hydrogens is 394 g/mol. The first-order valence-electron chi connectivity index (χ1n) is 10.3. The van der Waals surface area contributed by atoms with Crippen molar-refractivity contribution in [2.75, 3.05) is 38.4 Å². The molecule has 0 atom stereocenters. The number of para-hydroxylation sites is 3. The van der Waals surface area contributed by atoms with Crippen molar-refractivity contribution in [3.8, 4) is 17.2 Å². The maximum atomic E-state index is 12.7. The predicted molar refractivity (Wildman–Crippen MR) is 120 cm³/mol. The number of carbonyl (C=O) groups excluding carboxylic acids is 1. The average molecular weight is 421 g/mol. The summed E-state index contributed by atoms with van der Waals surface area (Å²) in [7, 11) is 0. The van der Waals surface area contributed by atoms with Crippen LogP contribution in [0.5, 0.6) is 17.2 Å². The Bertz CT molecular complexity index is 945. The Morgan fingerprint density at radius 1 is 0.742 bits per heavy atom. The summed E-state index contributed by atoms with van der Waals surface area (Å²) in [6.45, 7) is 4.26. The van der Waals surface area contributed by atoms with Crippen LogP contribution in [0.25, 0.3) is 0 Å². The van der Waals surface area contributed by atoms with Gasteiger partial charge in [0, 0.05) is 12.2 Å². The SMILES string of the molecule is CCOCCOc1cccc(C(=O)Nc2ccccc2OCCOc2ccccc2)c1. The highest BCUT2D eigenvalue weighted by Gasteiger charge is 2.11. The number of hydrogen-bond donors (Lipinski definition) is 1. The molecule has 6 heteroatoms. The fourth-order valence-electron chi connectivity index (χ4n) is 2.81. The number of ether oxygens (including phenoxy) is 4. The smallest absolute Gasteiger partial charge is 0.255 e. The molecule has 0 unspecified atom stereocenters. The van der Waals surface area contributed by atoms with Gasteiger partial charge in [0.25, 0.3) is 5.91 Å². The van der Waals surface area contributed by atoms with Crippen LogP contribution in [-0.4, -0.2) is 38.9 Å². The summed E-state index contributed by atoms with van der Waals surface area (Å²) in [5, 5.41) is 2.90. The summed E-state index contributed by atoms with van der Waals surface area (Å²) < 4.78 is 22.4. The molecule has 0 aromatic heterocycles. The molecule has 0 radical (unpaired) electrons. The Balaban J connectivity index is 1.54. The Labute approximate surface area is 182 Å². The van der Waals surface area contributed by atoms with Crippen molar-refractivity contribution < 1.29 is 23.7 Å². The van der Waals surface area contributed by atoms with Crippen molar-refractivity contribution in [2.45, 2.75) is 6.92 Å². The number of rotatable bonds is 12. The molecule has 1 N–H and O–H groups in total. The largest absolute Gasteiger partial charge is 0.491 e. The Morgan fingerprint density at radius 3 is 2.26 bits per heavy atom. The summed E-state index contributed by atoms with van der Waals surface area (Å²) >= 11 is 0. The first kappa shape index (κ1) is 22.2. The normalized spacial score (nSPS) is 10.4. The highest BCUT2D eigenvalue weighted by Crippen LogP contribution is 2.25. The van der Waals surface area contributed by atoms with Gasteiger partial charge >= 0.3 is 0 Å². The molecule has 3 aromatic rings. The molecule has 31 heavy (non-hydrogen) atoms. The summed E-state index contributed by atoms with van der Waals surface area (Å²) in [5.41, 5.74) is 1.09. The maximum Gasteiger partial charge on any atom is 0.255 e. The van der Waals surface area contributed by atoms with Gasteiger partial charge in [0.1, 0.15) is 37.1 Å². The van der Waals surface area contributed by atoms with Crippen LogP contribution in [-0.2, 0) is 4.74 Å². The first-order valence-corrected chi connectivity index (χ1v) is 10.3. The number of carbonyl (C=O) groups is 1. The lowest BCUT2D eigenvalue weighted by molar-refractivity contribution is 0.102. The summed E-state index contributed by atoms with van der Waals surface area (Å²) in [4.78, 5) is 12.7. The number of benzene rings is 3. The van der Waals surface area contributed by atoms with E-state index in [4.69, 9.17) is 18.9 Å². The zero-order valence-corrected chi connectivity index (χ0v) is 17.6. The van der Waals surface area contributed by atoms with E-state index >= 15 is 0 Å². The molecule has 0 saturated heterocycles. The van der Waals surface area contributed by atoms with Gasteiger partial charge in [0.2, 0.25) is 0 Å². The van der Waals surface area contributed by atoms with E-state index in [0.717, 1.165) is 5.75 Å². The highest BCUT2D eigenvalue weighted by molar-refractivity contribution is 6.05. The number of amides is 1. The lowest BCUT2D eigenvalue weighted by Gasteiger charge is -2.13. The first-order chi connectivity index (χ1) is 15.3. The fourth-order valence-corrected chi connectivity index (χ4v) is 2.81. The van der Waals surface area contributed by atoms with Gasteiger partial charge in [-0.05, 0) is 49.4 Å². The van der Waals surface area contributed by atoms with Crippen LogP contribution in [0, 0.1) is 0 Å². The average Bonchev–Trinajstić information content (AvgIpc) is 2.81. The molecule has 0 aliphatic heterocycles. The minimum atomic E-state index is -0.244. The molecule has 0 aliphatic carbocycles. The summed E-state index contributed by atoms with van der Waals surface area (Å²) in [5.74, 6) is 1.74. The van der Waals surface area contributed by atoms with Crippen LogP contribution in [0.3, 0.4) is 0 Å². The molecule has 3 aromatic carbocycles. The van der Waals surface area contributed by atoms with E-state index in [1.54, 1.807) is 24.3 Å². The summed E-state index contributed by atoms with van der Waals surface area (Å²) in [6, 6.07) is 23.9. The number of anilines is 1. The van der Waals surface area contributed by atoms with E-state index in [1.165, 1.54) is 0 Å². The van der Waals surface area contributed by atoms with Crippen molar-refractivity contribution in [1.29, 1.82) is 0 Å².